The second-order valence-electron chi connectivity index (χ2n) is 6.20. The number of pyridine rings is 1. The van der Waals surface area contributed by atoms with Crippen molar-refractivity contribution in [3.63, 3.8) is 0 Å². The van der Waals surface area contributed by atoms with Crippen molar-refractivity contribution in [1.29, 1.82) is 0 Å². The predicted molar refractivity (Wildman–Crippen MR) is 81.3 cm³/mol. The van der Waals surface area contributed by atoms with Crippen LogP contribution in [0.15, 0.2) is 18.5 Å². The van der Waals surface area contributed by atoms with Crippen LogP contribution in [-0.4, -0.2) is 34.0 Å². The van der Waals surface area contributed by atoms with Crippen LogP contribution in [0.3, 0.4) is 0 Å². The summed E-state index contributed by atoms with van der Waals surface area (Å²) in [6, 6.07) is 1.76. The Bertz CT molecular complexity index is 710. The first-order chi connectivity index (χ1) is 9.75. The zero-order chi connectivity index (χ0) is 15.4. The molecular weight excluding hydrogens is 290 g/mol. The number of rotatable bonds is 2. The fourth-order valence-corrected chi connectivity index (χ4v) is 2.54. The van der Waals surface area contributed by atoms with E-state index < -0.39 is 18.3 Å². The summed E-state index contributed by atoms with van der Waals surface area (Å²) in [4.78, 5) is 15.3. The van der Waals surface area contributed by atoms with E-state index in [-0.39, 0.29) is 0 Å². The molecular formula is C14H16BClN2O3. The van der Waals surface area contributed by atoms with Crippen LogP contribution >= 0.6 is 11.6 Å². The van der Waals surface area contributed by atoms with Gasteiger partial charge in [0.25, 0.3) is 0 Å². The van der Waals surface area contributed by atoms with Crippen molar-refractivity contribution in [2.24, 2.45) is 0 Å². The Balaban J connectivity index is 2.14. The zero-order valence-electron chi connectivity index (χ0n) is 12.4. The first-order valence-electron chi connectivity index (χ1n) is 6.72. The van der Waals surface area contributed by atoms with Crippen LogP contribution in [0.4, 0.5) is 0 Å². The molecule has 1 saturated heterocycles. The van der Waals surface area contributed by atoms with Gasteiger partial charge in [0, 0.05) is 11.7 Å². The molecule has 1 aliphatic rings. The largest absolute Gasteiger partial charge is 0.498 e. The van der Waals surface area contributed by atoms with Gasteiger partial charge in [-0.15, -0.1) is 0 Å². The third kappa shape index (κ3) is 2.18. The minimum atomic E-state index is -0.571. The smallest absolute Gasteiger partial charge is 0.399 e. The van der Waals surface area contributed by atoms with Crippen LogP contribution < -0.4 is 5.46 Å². The molecule has 2 aromatic heterocycles. The Morgan fingerprint density at radius 3 is 2.48 bits per heavy atom. The maximum Gasteiger partial charge on any atom is 0.498 e. The lowest BCUT2D eigenvalue weighted by Crippen LogP contribution is -2.41. The number of hydrogen-bond donors (Lipinski definition) is 0. The molecule has 2 aromatic rings. The monoisotopic (exact) mass is 306 g/mol. The minimum Gasteiger partial charge on any atom is -0.399 e. The van der Waals surface area contributed by atoms with Crippen molar-refractivity contribution in [3.05, 3.63) is 29.2 Å². The molecule has 0 bridgehead atoms. The number of fused-ring (bicyclic) bond motifs is 1. The number of imidazole rings is 1. The molecule has 0 N–H and O–H groups in total. The van der Waals surface area contributed by atoms with Gasteiger partial charge < -0.3 is 9.31 Å². The third-order valence-electron chi connectivity index (χ3n) is 4.26. The average Bonchev–Trinajstić information content (AvgIpc) is 2.87. The summed E-state index contributed by atoms with van der Waals surface area (Å²) in [6.07, 6.45) is 3.90. The van der Waals surface area contributed by atoms with E-state index in [1.165, 1.54) is 6.20 Å². The van der Waals surface area contributed by atoms with E-state index in [9.17, 15) is 4.79 Å². The standard InChI is InChI=1S/C14H16BClN2O3/c1-13(2)14(3,4)21-15(20-13)11-5-9(16)7-18-10(8-19)6-17-12(11)18/h5-8H,1-4H3. The SMILES string of the molecule is CC1(C)OB(c2cc(Cl)cn3c(C=O)cnc23)OC1(C)C. The lowest BCUT2D eigenvalue weighted by molar-refractivity contribution is 0.00578. The predicted octanol–water partition coefficient (Wildman–Crippen LogP) is 2.10. The van der Waals surface area contributed by atoms with E-state index in [2.05, 4.69) is 4.98 Å². The Kier molecular flexibility index (Phi) is 3.17. The molecule has 0 unspecified atom stereocenters. The van der Waals surface area contributed by atoms with E-state index in [4.69, 9.17) is 20.9 Å². The van der Waals surface area contributed by atoms with E-state index >= 15 is 0 Å². The van der Waals surface area contributed by atoms with E-state index in [1.807, 2.05) is 27.7 Å². The second-order valence-corrected chi connectivity index (χ2v) is 6.63. The molecule has 0 saturated carbocycles. The fourth-order valence-electron chi connectivity index (χ4n) is 2.33. The molecule has 0 spiro atoms. The van der Waals surface area contributed by atoms with E-state index in [1.54, 1.807) is 16.7 Å². The highest BCUT2D eigenvalue weighted by molar-refractivity contribution is 6.64. The maximum atomic E-state index is 11.1. The molecule has 5 nitrogen and oxygen atoms in total. The molecule has 0 amide bonds. The normalized spacial score (nSPS) is 20.1. The Morgan fingerprint density at radius 1 is 1.29 bits per heavy atom. The van der Waals surface area contributed by atoms with Crippen molar-refractivity contribution in [1.82, 2.24) is 9.38 Å². The fraction of sp³-hybridized carbons (Fsp3) is 0.429. The Hall–Kier alpha value is -1.37. The van der Waals surface area contributed by atoms with Crippen molar-refractivity contribution in [2.45, 2.75) is 38.9 Å². The highest BCUT2D eigenvalue weighted by atomic mass is 35.5. The van der Waals surface area contributed by atoms with Crippen LogP contribution in [0.25, 0.3) is 5.65 Å². The molecule has 0 aliphatic carbocycles. The van der Waals surface area contributed by atoms with Gasteiger partial charge in [0.2, 0.25) is 0 Å². The van der Waals surface area contributed by atoms with Gasteiger partial charge in [-0.3, -0.25) is 9.20 Å². The number of carbonyl (C=O) groups is 1. The molecule has 3 rings (SSSR count). The van der Waals surface area contributed by atoms with Crippen LogP contribution in [0.2, 0.25) is 5.02 Å². The summed E-state index contributed by atoms with van der Waals surface area (Å²) < 4.78 is 13.7. The highest BCUT2D eigenvalue weighted by Crippen LogP contribution is 2.36. The van der Waals surface area contributed by atoms with E-state index in [0.29, 0.717) is 21.8 Å². The van der Waals surface area contributed by atoms with Gasteiger partial charge in [-0.1, -0.05) is 11.6 Å². The van der Waals surface area contributed by atoms with Gasteiger partial charge in [0.05, 0.1) is 22.4 Å². The number of aldehydes is 1. The highest BCUT2D eigenvalue weighted by Gasteiger charge is 2.52. The molecule has 110 valence electrons. The van der Waals surface area contributed by atoms with Crippen molar-refractivity contribution >= 4 is 36.1 Å². The lowest BCUT2D eigenvalue weighted by atomic mass is 9.79. The lowest BCUT2D eigenvalue weighted by Gasteiger charge is -2.32. The number of hydrogen-bond acceptors (Lipinski definition) is 4. The average molecular weight is 307 g/mol. The first-order valence-corrected chi connectivity index (χ1v) is 7.10. The summed E-state index contributed by atoms with van der Waals surface area (Å²) in [5, 5.41) is 0.494. The summed E-state index contributed by atoms with van der Waals surface area (Å²) >= 11 is 6.15. The molecule has 0 atom stereocenters. The summed E-state index contributed by atoms with van der Waals surface area (Å²) in [6.45, 7) is 7.93. The van der Waals surface area contributed by atoms with Crippen LogP contribution in [-0.2, 0) is 9.31 Å². The first kappa shape index (κ1) is 14.6. The van der Waals surface area contributed by atoms with Crippen LogP contribution in [0.1, 0.15) is 38.2 Å². The molecule has 1 aliphatic heterocycles. The molecule has 0 radical (unpaired) electrons. The van der Waals surface area contributed by atoms with Crippen molar-refractivity contribution < 1.29 is 14.1 Å². The van der Waals surface area contributed by atoms with Gasteiger partial charge in [0.1, 0.15) is 11.3 Å². The molecule has 1 fully saturated rings. The molecule has 0 aromatic carbocycles. The number of halogens is 1. The number of carbonyl (C=O) groups excluding carboxylic acids is 1. The van der Waals surface area contributed by atoms with Crippen molar-refractivity contribution in [3.8, 4) is 0 Å². The van der Waals surface area contributed by atoms with Gasteiger partial charge in [-0.05, 0) is 33.8 Å². The Morgan fingerprint density at radius 2 is 1.90 bits per heavy atom. The molecule has 7 heteroatoms. The van der Waals surface area contributed by atoms with Gasteiger partial charge >= 0.3 is 7.12 Å². The van der Waals surface area contributed by atoms with Gasteiger partial charge in [-0.25, -0.2) is 4.98 Å². The van der Waals surface area contributed by atoms with Gasteiger partial charge in [-0.2, -0.15) is 0 Å². The summed E-state index contributed by atoms with van der Waals surface area (Å²) in [5.41, 5.74) is 0.869. The minimum absolute atomic E-state index is 0.435. The summed E-state index contributed by atoms with van der Waals surface area (Å²) in [5.74, 6) is 0. The molecule has 3 heterocycles. The van der Waals surface area contributed by atoms with Crippen LogP contribution in [0.5, 0.6) is 0 Å². The molecule has 21 heavy (non-hydrogen) atoms. The Labute approximate surface area is 128 Å². The maximum absolute atomic E-state index is 11.1. The second kappa shape index (κ2) is 4.56. The topological polar surface area (TPSA) is 52.8 Å². The van der Waals surface area contributed by atoms with E-state index in [0.717, 1.165) is 6.29 Å². The summed E-state index contributed by atoms with van der Waals surface area (Å²) in [7, 11) is -0.571. The van der Waals surface area contributed by atoms with Gasteiger partial charge in [0.15, 0.2) is 6.29 Å². The quantitative estimate of drug-likeness (QED) is 0.630. The zero-order valence-corrected chi connectivity index (χ0v) is 13.1. The number of nitrogens with zero attached hydrogens (tertiary/aromatic N) is 2. The number of aromatic nitrogens is 2. The van der Waals surface area contributed by atoms with Crippen LogP contribution in [0, 0.1) is 0 Å². The van der Waals surface area contributed by atoms with Crippen molar-refractivity contribution in [2.75, 3.05) is 0 Å². The third-order valence-corrected chi connectivity index (χ3v) is 4.46.